The zero-order chi connectivity index (χ0) is 12.4. The first-order valence-corrected chi connectivity index (χ1v) is 5.89. The largest absolute Gasteiger partial charge is 0.328 e. The van der Waals surface area contributed by atoms with Gasteiger partial charge < -0.3 is 11.1 Å². The van der Waals surface area contributed by atoms with Crippen LogP contribution in [0.1, 0.15) is 24.8 Å². The molecule has 1 aliphatic carbocycles. The van der Waals surface area contributed by atoms with Gasteiger partial charge in [-0.2, -0.15) is 0 Å². The lowest BCUT2D eigenvalue weighted by atomic mass is 10.1. The molecule has 1 fully saturated rings. The van der Waals surface area contributed by atoms with Crippen molar-refractivity contribution in [3.05, 3.63) is 29.6 Å². The van der Waals surface area contributed by atoms with Crippen LogP contribution in [0.25, 0.3) is 0 Å². The van der Waals surface area contributed by atoms with E-state index in [4.69, 9.17) is 5.73 Å². The highest BCUT2D eigenvalue weighted by Crippen LogP contribution is 2.25. The fourth-order valence-electron chi connectivity index (χ4n) is 2.17. The lowest BCUT2D eigenvalue weighted by molar-refractivity contribution is -0.119. The van der Waals surface area contributed by atoms with Crippen molar-refractivity contribution in [1.82, 2.24) is 0 Å². The first-order chi connectivity index (χ1) is 8.06. The molecule has 1 aromatic carbocycles. The lowest BCUT2D eigenvalue weighted by Gasteiger charge is -2.11. The van der Waals surface area contributed by atoms with Gasteiger partial charge in [-0.1, -0.05) is 6.07 Å². The number of aryl methyl sites for hydroxylation is 1. The molecule has 0 radical (unpaired) electrons. The number of anilines is 1. The van der Waals surface area contributed by atoms with Gasteiger partial charge in [0.25, 0.3) is 0 Å². The van der Waals surface area contributed by atoms with Crippen molar-refractivity contribution in [3.8, 4) is 0 Å². The molecular weight excluding hydrogens is 219 g/mol. The molecule has 4 heteroatoms. The van der Waals surface area contributed by atoms with E-state index in [2.05, 4.69) is 5.32 Å². The van der Waals surface area contributed by atoms with Crippen LogP contribution in [0, 0.1) is 18.7 Å². The summed E-state index contributed by atoms with van der Waals surface area (Å²) in [6.07, 6.45) is 2.43. The average Bonchev–Trinajstić information content (AvgIpc) is 2.70. The number of carbonyl (C=O) groups excluding carboxylic acids is 1. The van der Waals surface area contributed by atoms with Gasteiger partial charge in [0.05, 0.1) is 0 Å². The third kappa shape index (κ3) is 2.82. The van der Waals surface area contributed by atoms with Crippen LogP contribution in [0.3, 0.4) is 0 Å². The molecular formula is C13H17FN2O. The molecule has 0 aliphatic heterocycles. The molecule has 17 heavy (non-hydrogen) atoms. The minimum absolute atomic E-state index is 0.0330. The SMILES string of the molecule is Cc1ccc(NC(=O)C2CCC(N)C2)cc1F. The van der Waals surface area contributed by atoms with Crippen molar-refractivity contribution in [1.29, 1.82) is 0 Å². The highest BCUT2D eigenvalue weighted by molar-refractivity contribution is 5.92. The highest BCUT2D eigenvalue weighted by atomic mass is 19.1. The van der Waals surface area contributed by atoms with E-state index >= 15 is 0 Å². The quantitative estimate of drug-likeness (QED) is 0.827. The van der Waals surface area contributed by atoms with E-state index in [0.717, 1.165) is 19.3 Å². The van der Waals surface area contributed by atoms with Gasteiger partial charge in [0.15, 0.2) is 0 Å². The second-order valence-corrected chi connectivity index (χ2v) is 4.72. The molecule has 0 bridgehead atoms. The van der Waals surface area contributed by atoms with Gasteiger partial charge in [0, 0.05) is 17.6 Å². The zero-order valence-corrected chi connectivity index (χ0v) is 9.87. The van der Waals surface area contributed by atoms with Crippen molar-refractivity contribution in [2.45, 2.75) is 32.2 Å². The van der Waals surface area contributed by atoms with Crippen LogP contribution in [-0.4, -0.2) is 11.9 Å². The molecule has 0 heterocycles. The Bertz CT molecular complexity index is 433. The summed E-state index contributed by atoms with van der Waals surface area (Å²) in [5.41, 5.74) is 6.85. The van der Waals surface area contributed by atoms with E-state index in [0.29, 0.717) is 11.3 Å². The molecule has 0 aromatic heterocycles. The maximum atomic E-state index is 13.3. The topological polar surface area (TPSA) is 55.1 Å². The predicted molar refractivity (Wildman–Crippen MR) is 65.1 cm³/mol. The van der Waals surface area contributed by atoms with Crippen molar-refractivity contribution in [3.63, 3.8) is 0 Å². The number of hydrogen-bond acceptors (Lipinski definition) is 2. The standard InChI is InChI=1S/C13H17FN2O/c1-8-2-5-11(7-12(8)14)16-13(17)9-3-4-10(15)6-9/h2,5,7,9-10H,3-4,6,15H2,1H3,(H,16,17). The number of rotatable bonds is 2. The van der Waals surface area contributed by atoms with E-state index in [1.807, 2.05) is 0 Å². The van der Waals surface area contributed by atoms with E-state index in [1.54, 1.807) is 19.1 Å². The number of nitrogens with one attached hydrogen (secondary N) is 1. The monoisotopic (exact) mass is 236 g/mol. The smallest absolute Gasteiger partial charge is 0.227 e. The number of halogens is 1. The second kappa shape index (κ2) is 4.84. The minimum atomic E-state index is -0.300. The molecule has 2 rings (SSSR count). The van der Waals surface area contributed by atoms with Crippen molar-refractivity contribution in [2.24, 2.45) is 11.7 Å². The van der Waals surface area contributed by atoms with Crippen LogP contribution in [-0.2, 0) is 4.79 Å². The Balaban J connectivity index is 2.00. The van der Waals surface area contributed by atoms with Crippen LogP contribution >= 0.6 is 0 Å². The van der Waals surface area contributed by atoms with Crippen molar-refractivity contribution in [2.75, 3.05) is 5.32 Å². The Hall–Kier alpha value is -1.42. The van der Waals surface area contributed by atoms with Gasteiger partial charge in [0.1, 0.15) is 5.82 Å². The van der Waals surface area contributed by atoms with Crippen LogP contribution in [0.5, 0.6) is 0 Å². The van der Waals surface area contributed by atoms with E-state index < -0.39 is 0 Å². The molecule has 2 atom stereocenters. The Morgan fingerprint density at radius 2 is 2.24 bits per heavy atom. The third-order valence-corrected chi connectivity index (χ3v) is 3.28. The fourth-order valence-corrected chi connectivity index (χ4v) is 2.17. The van der Waals surface area contributed by atoms with Crippen molar-refractivity contribution >= 4 is 11.6 Å². The summed E-state index contributed by atoms with van der Waals surface area (Å²) in [5, 5.41) is 2.74. The van der Waals surface area contributed by atoms with Crippen LogP contribution < -0.4 is 11.1 Å². The molecule has 92 valence electrons. The van der Waals surface area contributed by atoms with Crippen LogP contribution in [0.15, 0.2) is 18.2 Å². The van der Waals surface area contributed by atoms with Gasteiger partial charge >= 0.3 is 0 Å². The van der Waals surface area contributed by atoms with Gasteiger partial charge in [-0.25, -0.2) is 4.39 Å². The summed E-state index contributed by atoms with van der Waals surface area (Å²) >= 11 is 0. The summed E-state index contributed by atoms with van der Waals surface area (Å²) in [7, 11) is 0. The number of nitrogens with two attached hydrogens (primary N) is 1. The first-order valence-electron chi connectivity index (χ1n) is 5.89. The zero-order valence-electron chi connectivity index (χ0n) is 9.87. The molecule has 0 spiro atoms. The lowest BCUT2D eigenvalue weighted by Crippen LogP contribution is -2.23. The predicted octanol–water partition coefficient (Wildman–Crippen LogP) is 2.20. The normalized spacial score (nSPS) is 23.7. The molecule has 0 saturated heterocycles. The summed E-state index contributed by atoms with van der Waals surface area (Å²) in [5.74, 6) is -0.388. The Kier molecular flexibility index (Phi) is 3.43. The van der Waals surface area contributed by atoms with Gasteiger partial charge in [-0.3, -0.25) is 4.79 Å². The maximum Gasteiger partial charge on any atom is 0.227 e. The summed E-state index contributed by atoms with van der Waals surface area (Å²) in [4.78, 5) is 11.9. The summed E-state index contributed by atoms with van der Waals surface area (Å²) in [6.45, 7) is 1.69. The molecule has 1 saturated carbocycles. The van der Waals surface area contributed by atoms with Crippen LogP contribution in [0.4, 0.5) is 10.1 Å². The van der Waals surface area contributed by atoms with E-state index in [1.165, 1.54) is 6.07 Å². The fraction of sp³-hybridized carbons (Fsp3) is 0.462. The number of carbonyl (C=O) groups is 1. The van der Waals surface area contributed by atoms with Gasteiger partial charge in [0.2, 0.25) is 5.91 Å². The summed E-state index contributed by atoms with van der Waals surface area (Å²) < 4.78 is 13.3. The molecule has 1 amide bonds. The number of hydrogen-bond donors (Lipinski definition) is 2. The molecule has 2 unspecified atom stereocenters. The van der Waals surface area contributed by atoms with E-state index in [-0.39, 0.29) is 23.7 Å². The van der Waals surface area contributed by atoms with E-state index in [9.17, 15) is 9.18 Å². The van der Waals surface area contributed by atoms with Crippen molar-refractivity contribution < 1.29 is 9.18 Å². The molecule has 3 N–H and O–H groups in total. The first kappa shape index (κ1) is 12.0. The highest BCUT2D eigenvalue weighted by Gasteiger charge is 2.27. The van der Waals surface area contributed by atoms with Gasteiger partial charge in [-0.15, -0.1) is 0 Å². The second-order valence-electron chi connectivity index (χ2n) is 4.72. The Morgan fingerprint density at radius 1 is 1.47 bits per heavy atom. The summed E-state index contributed by atoms with van der Waals surface area (Å²) in [6, 6.07) is 4.85. The molecule has 1 aromatic rings. The third-order valence-electron chi connectivity index (χ3n) is 3.28. The van der Waals surface area contributed by atoms with Crippen LogP contribution in [0.2, 0.25) is 0 Å². The Labute approximate surface area is 100 Å². The Morgan fingerprint density at radius 3 is 2.82 bits per heavy atom. The molecule has 1 aliphatic rings. The molecule has 3 nitrogen and oxygen atoms in total. The number of benzene rings is 1. The average molecular weight is 236 g/mol. The van der Waals surface area contributed by atoms with Gasteiger partial charge in [-0.05, 0) is 43.9 Å². The number of amides is 1. The maximum absolute atomic E-state index is 13.3. The minimum Gasteiger partial charge on any atom is -0.328 e.